The minimum atomic E-state index is -2.47. The molecule has 16 heavy (non-hydrogen) atoms. The summed E-state index contributed by atoms with van der Waals surface area (Å²) < 4.78 is 15.3. The Kier molecular flexibility index (Phi) is 7.23. The van der Waals surface area contributed by atoms with E-state index >= 15 is 0 Å². The smallest absolute Gasteiger partial charge is 0.364 e. The molecule has 5 nitrogen and oxygen atoms in total. The normalized spacial score (nSPS) is 11.2. The average Bonchev–Trinajstić information content (AvgIpc) is 2.30. The third-order valence-electron chi connectivity index (χ3n) is 2.27. The topological polar surface area (TPSA) is 65.0 Å². The largest absolute Gasteiger partial charge is 0.462 e. The molecule has 0 heterocycles. The maximum atomic E-state index is 11.1. The summed E-state index contributed by atoms with van der Waals surface area (Å²) in [5, 5.41) is 9.16. The van der Waals surface area contributed by atoms with Crippen molar-refractivity contribution in [2.75, 3.05) is 27.1 Å². The van der Waals surface area contributed by atoms with Crippen molar-refractivity contribution in [1.82, 2.24) is 0 Å². The zero-order valence-corrected chi connectivity index (χ0v) is 11.1. The molecule has 0 spiro atoms. The number of hydrogen-bond acceptors (Lipinski definition) is 5. The number of aliphatic hydroxyl groups excluding tert-OH is 1. The molecule has 0 aromatic rings. The van der Waals surface area contributed by atoms with Crippen molar-refractivity contribution in [1.29, 1.82) is 0 Å². The molecular weight excluding hydrogens is 228 g/mol. The SMILES string of the molecule is C=C(C)C(=O)OCCC[Si](CO)(OC)OC. The van der Waals surface area contributed by atoms with Crippen LogP contribution in [0, 0.1) is 0 Å². The molecule has 94 valence electrons. The van der Waals surface area contributed by atoms with Gasteiger partial charge in [-0.1, -0.05) is 6.58 Å². The van der Waals surface area contributed by atoms with E-state index in [2.05, 4.69) is 6.58 Å². The van der Waals surface area contributed by atoms with Gasteiger partial charge in [-0.15, -0.1) is 0 Å². The highest BCUT2D eigenvalue weighted by Gasteiger charge is 2.34. The van der Waals surface area contributed by atoms with Crippen LogP contribution < -0.4 is 0 Å². The van der Waals surface area contributed by atoms with Crippen LogP contribution in [0.15, 0.2) is 12.2 Å². The van der Waals surface area contributed by atoms with Gasteiger partial charge >= 0.3 is 14.5 Å². The lowest BCUT2D eigenvalue weighted by atomic mass is 10.4. The molecule has 0 aromatic carbocycles. The van der Waals surface area contributed by atoms with Crippen molar-refractivity contribution in [2.24, 2.45) is 0 Å². The number of carbonyl (C=O) groups is 1. The second kappa shape index (κ2) is 7.56. The second-order valence-electron chi connectivity index (χ2n) is 3.50. The van der Waals surface area contributed by atoms with Crippen LogP contribution in [-0.2, 0) is 18.4 Å². The predicted octanol–water partition coefficient (Wildman–Crippen LogP) is 0.762. The molecule has 0 bridgehead atoms. The van der Waals surface area contributed by atoms with Gasteiger partial charge in [-0.05, 0) is 19.4 Å². The predicted molar refractivity (Wildman–Crippen MR) is 62.1 cm³/mol. The van der Waals surface area contributed by atoms with E-state index in [1.807, 2.05) is 0 Å². The Labute approximate surface area is 97.3 Å². The molecule has 0 saturated carbocycles. The molecule has 0 saturated heterocycles. The van der Waals surface area contributed by atoms with Gasteiger partial charge in [0.25, 0.3) is 0 Å². The van der Waals surface area contributed by atoms with Crippen LogP contribution in [-0.4, -0.2) is 46.7 Å². The zero-order valence-electron chi connectivity index (χ0n) is 10.1. The van der Waals surface area contributed by atoms with Gasteiger partial charge in [-0.3, -0.25) is 0 Å². The third kappa shape index (κ3) is 4.89. The molecule has 0 amide bonds. The Morgan fingerprint density at radius 1 is 1.38 bits per heavy atom. The Morgan fingerprint density at radius 3 is 2.31 bits per heavy atom. The average molecular weight is 248 g/mol. The van der Waals surface area contributed by atoms with Gasteiger partial charge < -0.3 is 18.7 Å². The molecule has 0 aliphatic rings. The summed E-state index contributed by atoms with van der Waals surface area (Å²) in [5.74, 6) is -0.397. The fourth-order valence-electron chi connectivity index (χ4n) is 1.13. The molecule has 0 radical (unpaired) electrons. The number of ether oxygens (including phenoxy) is 1. The van der Waals surface area contributed by atoms with Crippen molar-refractivity contribution in [3.8, 4) is 0 Å². The minimum Gasteiger partial charge on any atom is -0.462 e. The maximum absolute atomic E-state index is 11.1. The van der Waals surface area contributed by atoms with Crippen molar-refractivity contribution < 1.29 is 23.5 Å². The summed E-state index contributed by atoms with van der Waals surface area (Å²) in [7, 11) is 0.565. The summed E-state index contributed by atoms with van der Waals surface area (Å²) in [5.41, 5.74) is 0.379. The first-order chi connectivity index (χ1) is 7.51. The van der Waals surface area contributed by atoms with Gasteiger partial charge in [0.1, 0.15) is 0 Å². The second-order valence-corrected chi connectivity index (χ2v) is 6.95. The highest BCUT2D eigenvalue weighted by molar-refractivity contribution is 6.67. The van der Waals surface area contributed by atoms with E-state index in [4.69, 9.17) is 18.7 Å². The monoisotopic (exact) mass is 248 g/mol. The Bertz CT molecular complexity index is 229. The highest BCUT2D eigenvalue weighted by atomic mass is 28.4. The summed E-state index contributed by atoms with van der Waals surface area (Å²) >= 11 is 0. The molecular formula is C10H20O5Si. The quantitative estimate of drug-likeness (QED) is 0.297. The van der Waals surface area contributed by atoms with Gasteiger partial charge in [0.2, 0.25) is 0 Å². The molecule has 0 fully saturated rings. The first kappa shape index (κ1) is 15.3. The van der Waals surface area contributed by atoms with E-state index in [0.717, 1.165) is 0 Å². The highest BCUT2D eigenvalue weighted by Crippen LogP contribution is 2.13. The number of esters is 1. The van der Waals surface area contributed by atoms with Gasteiger partial charge in [0.15, 0.2) is 0 Å². The lowest BCUT2D eigenvalue weighted by Crippen LogP contribution is -2.44. The first-order valence-electron chi connectivity index (χ1n) is 5.05. The summed E-state index contributed by atoms with van der Waals surface area (Å²) in [6.45, 7) is 5.36. The fraction of sp³-hybridized carbons (Fsp3) is 0.700. The van der Waals surface area contributed by atoms with Crippen LogP contribution in [0.2, 0.25) is 6.04 Å². The van der Waals surface area contributed by atoms with Crippen LogP contribution in [0.1, 0.15) is 13.3 Å². The van der Waals surface area contributed by atoms with Crippen LogP contribution in [0.4, 0.5) is 0 Å². The van der Waals surface area contributed by atoms with Crippen LogP contribution in [0.5, 0.6) is 0 Å². The lowest BCUT2D eigenvalue weighted by molar-refractivity contribution is -0.138. The molecule has 1 N–H and O–H groups in total. The molecule has 0 aliphatic carbocycles. The fourth-order valence-corrected chi connectivity index (χ4v) is 2.80. The molecule has 0 rings (SSSR count). The Hall–Kier alpha value is -0.693. The summed E-state index contributed by atoms with van der Waals surface area (Å²) in [4.78, 5) is 11.1. The van der Waals surface area contributed by atoms with Crippen molar-refractivity contribution in [2.45, 2.75) is 19.4 Å². The van der Waals surface area contributed by atoms with E-state index in [1.165, 1.54) is 14.2 Å². The maximum Gasteiger partial charge on any atom is 0.364 e. The van der Waals surface area contributed by atoms with Crippen molar-refractivity contribution in [3.63, 3.8) is 0 Å². The van der Waals surface area contributed by atoms with E-state index in [-0.39, 0.29) is 12.8 Å². The number of carbonyl (C=O) groups excluding carboxylic acids is 1. The van der Waals surface area contributed by atoms with Crippen LogP contribution in [0.25, 0.3) is 0 Å². The van der Waals surface area contributed by atoms with E-state index in [9.17, 15) is 4.79 Å². The third-order valence-corrected chi connectivity index (χ3v) is 5.35. The molecule has 6 heteroatoms. The van der Waals surface area contributed by atoms with Crippen molar-refractivity contribution >= 4 is 14.5 Å². The van der Waals surface area contributed by atoms with Gasteiger partial charge in [-0.25, -0.2) is 4.79 Å². The number of rotatable bonds is 8. The van der Waals surface area contributed by atoms with E-state index in [1.54, 1.807) is 6.92 Å². The first-order valence-corrected chi connectivity index (χ1v) is 7.28. The standard InChI is InChI=1S/C10H20O5Si/c1-9(2)10(12)15-6-5-7-16(8-11,13-3)14-4/h11H,1,5-8H2,2-4H3. The van der Waals surface area contributed by atoms with E-state index in [0.29, 0.717) is 18.0 Å². The number of hydrogen-bond donors (Lipinski definition) is 1. The summed E-state index contributed by atoms with van der Waals surface area (Å²) in [6.07, 6.45) is 0.502. The Morgan fingerprint density at radius 2 is 1.94 bits per heavy atom. The van der Waals surface area contributed by atoms with Gasteiger partial charge in [0.05, 0.1) is 12.8 Å². The van der Waals surface area contributed by atoms with Crippen LogP contribution >= 0.6 is 0 Å². The molecule has 0 atom stereocenters. The molecule has 0 unspecified atom stereocenters. The molecule has 0 aliphatic heterocycles. The van der Waals surface area contributed by atoms with Gasteiger partial charge in [0, 0.05) is 19.8 Å². The minimum absolute atomic E-state index is 0.103. The van der Waals surface area contributed by atoms with E-state index < -0.39 is 14.5 Å². The molecule has 0 aromatic heterocycles. The lowest BCUT2D eigenvalue weighted by Gasteiger charge is -2.24. The number of aliphatic hydroxyl groups is 1. The van der Waals surface area contributed by atoms with Gasteiger partial charge in [-0.2, -0.15) is 0 Å². The zero-order chi connectivity index (χ0) is 12.6. The van der Waals surface area contributed by atoms with Crippen molar-refractivity contribution in [3.05, 3.63) is 12.2 Å². The summed E-state index contributed by atoms with van der Waals surface area (Å²) in [6, 6.07) is 0.583. The Balaban J connectivity index is 3.88. The van der Waals surface area contributed by atoms with Crippen LogP contribution in [0.3, 0.4) is 0 Å².